The molecule has 0 spiro atoms. The van der Waals surface area contributed by atoms with E-state index in [0.717, 1.165) is 16.6 Å². The number of rotatable bonds is 1. The lowest BCUT2D eigenvalue weighted by Gasteiger charge is -2.05. The van der Waals surface area contributed by atoms with E-state index in [1.807, 2.05) is 83.1 Å². The van der Waals surface area contributed by atoms with Crippen LogP contribution in [-0.4, -0.2) is 10.2 Å². The van der Waals surface area contributed by atoms with Gasteiger partial charge in [-0.1, -0.05) is 114 Å². The molecule has 28 heavy (non-hydrogen) atoms. The number of nitrogens with one attached hydrogen (secondary N) is 1. The van der Waals surface area contributed by atoms with E-state index in [-0.39, 0.29) is 5.56 Å². The van der Waals surface area contributed by atoms with Crippen molar-refractivity contribution >= 4 is 10.8 Å². The van der Waals surface area contributed by atoms with E-state index in [4.69, 9.17) is 0 Å². The Hall–Kier alpha value is -2.42. The minimum Gasteiger partial charge on any atom is -0.267 e. The van der Waals surface area contributed by atoms with Crippen molar-refractivity contribution in [3.05, 3.63) is 64.4 Å². The van der Waals surface area contributed by atoms with Crippen molar-refractivity contribution in [2.45, 2.75) is 73.1 Å². The van der Waals surface area contributed by atoms with Crippen LogP contribution in [0.5, 0.6) is 0 Å². The Labute approximate surface area is 170 Å². The van der Waals surface area contributed by atoms with Gasteiger partial charge in [-0.2, -0.15) is 5.10 Å². The Morgan fingerprint density at radius 3 is 1.68 bits per heavy atom. The molecule has 0 aliphatic heterocycles. The lowest BCUT2D eigenvalue weighted by atomic mass is 10.0. The molecule has 152 valence electrons. The van der Waals surface area contributed by atoms with Crippen LogP contribution in [-0.2, 0) is 0 Å². The van der Waals surface area contributed by atoms with E-state index < -0.39 is 0 Å². The number of aromatic nitrogens is 2. The van der Waals surface area contributed by atoms with E-state index in [9.17, 15) is 4.79 Å². The van der Waals surface area contributed by atoms with Gasteiger partial charge in [-0.05, 0) is 13.0 Å². The van der Waals surface area contributed by atoms with Crippen LogP contribution in [0.2, 0.25) is 0 Å². The number of aromatic amines is 1. The van der Waals surface area contributed by atoms with Crippen molar-refractivity contribution in [1.82, 2.24) is 10.2 Å². The van der Waals surface area contributed by atoms with E-state index in [0.29, 0.717) is 5.39 Å². The van der Waals surface area contributed by atoms with E-state index in [2.05, 4.69) is 10.2 Å². The number of benzene rings is 2. The summed E-state index contributed by atoms with van der Waals surface area (Å²) in [6, 6.07) is 15.6. The van der Waals surface area contributed by atoms with E-state index in [1.165, 1.54) is 44.1 Å². The summed E-state index contributed by atoms with van der Waals surface area (Å²) in [4.78, 5) is 11.7. The van der Waals surface area contributed by atoms with Gasteiger partial charge in [0.05, 0.1) is 11.1 Å². The van der Waals surface area contributed by atoms with Crippen LogP contribution in [0.25, 0.3) is 22.0 Å². The van der Waals surface area contributed by atoms with Crippen molar-refractivity contribution in [3.63, 3.8) is 0 Å². The Morgan fingerprint density at radius 1 is 0.714 bits per heavy atom. The third-order valence-electron chi connectivity index (χ3n) is 4.52. The lowest BCUT2D eigenvalue weighted by Crippen LogP contribution is -2.09. The fraction of sp³-hybridized carbons (Fsp3) is 0.440. The molecule has 0 amide bonds. The molecule has 1 fully saturated rings. The SMILES string of the molecule is C1CCCCC1.CC.CC.Cc1ccc(-c2n[nH]c(=O)c3ccccc23)cc1. The second kappa shape index (κ2) is 13.7. The molecule has 4 rings (SSSR count). The van der Waals surface area contributed by atoms with Gasteiger partial charge in [-0.25, -0.2) is 5.10 Å². The first kappa shape index (κ1) is 23.6. The van der Waals surface area contributed by atoms with Gasteiger partial charge in [0.2, 0.25) is 0 Å². The van der Waals surface area contributed by atoms with Gasteiger partial charge in [0.15, 0.2) is 0 Å². The zero-order chi connectivity index (χ0) is 20.8. The highest BCUT2D eigenvalue weighted by atomic mass is 16.1. The highest BCUT2D eigenvalue weighted by Crippen LogP contribution is 2.24. The maximum atomic E-state index is 11.7. The fourth-order valence-electron chi connectivity index (χ4n) is 3.11. The number of hydrogen-bond donors (Lipinski definition) is 1. The molecule has 1 N–H and O–H groups in total. The summed E-state index contributed by atoms with van der Waals surface area (Å²) in [6.07, 6.45) is 9.00. The summed E-state index contributed by atoms with van der Waals surface area (Å²) in [7, 11) is 0. The first-order valence-corrected chi connectivity index (χ1v) is 10.8. The molecule has 0 bridgehead atoms. The normalized spacial score (nSPS) is 12.5. The first-order chi connectivity index (χ1) is 13.8. The van der Waals surface area contributed by atoms with Gasteiger partial charge in [0.1, 0.15) is 0 Å². The molecular weight excluding hydrogens is 344 g/mol. The average molecular weight is 381 g/mol. The van der Waals surface area contributed by atoms with Gasteiger partial charge in [0.25, 0.3) is 5.56 Å². The third-order valence-corrected chi connectivity index (χ3v) is 4.52. The second-order valence-corrected chi connectivity index (χ2v) is 6.43. The quantitative estimate of drug-likeness (QED) is 0.481. The minimum absolute atomic E-state index is 0.151. The smallest absolute Gasteiger partial charge is 0.267 e. The Morgan fingerprint density at radius 2 is 1.18 bits per heavy atom. The van der Waals surface area contributed by atoms with Crippen molar-refractivity contribution in [2.75, 3.05) is 0 Å². The monoisotopic (exact) mass is 380 g/mol. The van der Waals surface area contributed by atoms with E-state index >= 15 is 0 Å². The highest BCUT2D eigenvalue weighted by molar-refractivity contribution is 5.93. The Bertz CT molecular complexity index is 835. The molecule has 1 heterocycles. The third kappa shape index (κ3) is 6.95. The van der Waals surface area contributed by atoms with Gasteiger partial charge < -0.3 is 0 Å². The summed E-state index contributed by atoms with van der Waals surface area (Å²) in [6.45, 7) is 10.0. The molecule has 1 saturated carbocycles. The first-order valence-electron chi connectivity index (χ1n) is 10.8. The molecular formula is C25H36N2O. The predicted molar refractivity (Wildman–Crippen MR) is 123 cm³/mol. The molecule has 3 nitrogen and oxygen atoms in total. The molecule has 0 atom stereocenters. The summed E-state index contributed by atoms with van der Waals surface area (Å²) in [5.41, 5.74) is 2.87. The van der Waals surface area contributed by atoms with Crippen LogP contribution in [0, 0.1) is 6.92 Å². The molecule has 1 aliphatic rings. The minimum atomic E-state index is -0.151. The Balaban J connectivity index is 0.000000329. The van der Waals surface area contributed by atoms with E-state index in [1.54, 1.807) is 0 Å². The number of hydrogen-bond acceptors (Lipinski definition) is 2. The van der Waals surface area contributed by atoms with Crippen LogP contribution >= 0.6 is 0 Å². The predicted octanol–water partition coefficient (Wildman–Crippen LogP) is 7.29. The maximum absolute atomic E-state index is 11.7. The van der Waals surface area contributed by atoms with Crippen LogP contribution in [0.4, 0.5) is 0 Å². The van der Waals surface area contributed by atoms with Crippen LogP contribution in [0.1, 0.15) is 71.8 Å². The van der Waals surface area contributed by atoms with Gasteiger partial charge in [-0.3, -0.25) is 4.79 Å². The summed E-state index contributed by atoms with van der Waals surface area (Å²) in [5, 5.41) is 8.27. The fourth-order valence-corrected chi connectivity index (χ4v) is 3.11. The molecule has 0 radical (unpaired) electrons. The molecule has 3 aromatic rings. The molecule has 1 aliphatic carbocycles. The number of aryl methyl sites for hydroxylation is 1. The number of H-pyrrole nitrogens is 1. The van der Waals surface area contributed by atoms with Gasteiger partial charge in [0, 0.05) is 10.9 Å². The highest BCUT2D eigenvalue weighted by Gasteiger charge is 2.07. The van der Waals surface area contributed by atoms with Crippen LogP contribution < -0.4 is 5.56 Å². The van der Waals surface area contributed by atoms with Crippen LogP contribution in [0.3, 0.4) is 0 Å². The number of nitrogens with zero attached hydrogens (tertiary/aromatic N) is 1. The summed E-state index contributed by atoms with van der Waals surface area (Å²) < 4.78 is 0. The summed E-state index contributed by atoms with van der Waals surface area (Å²) in [5.74, 6) is 0. The van der Waals surface area contributed by atoms with Crippen molar-refractivity contribution in [1.29, 1.82) is 0 Å². The van der Waals surface area contributed by atoms with Gasteiger partial charge in [-0.15, -0.1) is 0 Å². The standard InChI is InChI=1S/C15H12N2O.C6H12.2C2H6/c1-10-6-8-11(9-7-10)14-12-4-2-3-5-13(12)15(18)17-16-14;1-2-4-6-5-3-1;2*1-2/h2-9H,1H3,(H,17,18);1-6H2;2*1-2H3. The van der Waals surface area contributed by atoms with Crippen molar-refractivity contribution in [2.24, 2.45) is 0 Å². The van der Waals surface area contributed by atoms with Crippen LogP contribution in [0.15, 0.2) is 53.3 Å². The van der Waals surface area contributed by atoms with Crippen molar-refractivity contribution in [3.8, 4) is 11.3 Å². The molecule has 3 heteroatoms. The van der Waals surface area contributed by atoms with Crippen molar-refractivity contribution < 1.29 is 0 Å². The average Bonchev–Trinajstić information content (AvgIpc) is 2.79. The summed E-state index contributed by atoms with van der Waals surface area (Å²) >= 11 is 0. The molecule has 1 aromatic heterocycles. The largest absolute Gasteiger partial charge is 0.272 e. The maximum Gasteiger partial charge on any atom is 0.272 e. The molecule has 0 unspecified atom stereocenters. The topological polar surface area (TPSA) is 45.8 Å². The molecule has 0 saturated heterocycles. The second-order valence-electron chi connectivity index (χ2n) is 6.43. The van der Waals surface area contributed by atoms with Gasteiger partial charge >= 0.3 is 0 Å². The lowest BCUT2D eigenvalue weighted by molar-refractivity contribution is 0.504. The molecule has 2 aromatic carbocycles. The zero-order valence-electron chi connectivity index (χ0n) is 18.2. The zero-order valence-corrected chi connectivity index (χ0v) is 18.2. The Kier molecular flexibility index (Phi) is 11.6. The number of fused-ring (bicyclic) bond motifs is 1.